The largest absolute Gasteiger partial charge is 0.396 e. The van der Waals surface area contributed by atoms with Crippen molar-refractivity contribution >= 4 is 17.7 Å². The minimum atomic E-state index is -0.299. The van der Waals surface area contributed by atoms with Crippen molar-refractivity contribution in [3.63, 3.8) is 0 Å². The highest BCUT2D eigenvalue weighted by molar-refractivity contribution is 7.99. The van der Waals surface area contributed by atoms with Gasteiger partial charge in [-0.1, -0.05) is 13.8 Å². The van der Waals surface area contributed by atoms with Gasteiger partial charge in [-0.05, 0) is 24.6 Å². The molecule has 0 rings (SSSR count). The minimum absolute atomic E-state index is 0.191. The van der Waals surface area contributed by atoms with Gasteiger partial charge in [-0.15, -0.1) is 0 Å². The molecule has 0 aromatic heterocycles. The molecule has 0 radical (unpaired) electrons. The van der Waals surface area contributed by atoms with Crippen molar-refractivity contribution in [2.45, 2.75) is 26.3 Å². The molecule has 4 N–H and O–H groups in total. The fourth-order valence-corrected chi connectivity index (χ4v) is 2.16. The van der Waals surface area contributed by atoms with Crippen molar-refractivity contribution < 1.29 is 9.90 Å². The molecule has 0 bridgehead atoms. The average Bonchev–Trinajstić information content (AvgIpc) is 2.22. The van der Waals surface area contributed by atoms with Crippen LogP contribution in [0, 0.1) is 5.92 Å². The summed E-state index contributed by atoms with van der Waals surface area (Å²) in [6.07, 6.45) is 0.988. The third kappa shape index (κ3) is 7.64. The molecule has 0 spiro atoms. The number of primary amides is 1. The average molecular weight is 234 g/mol. The highest BCUT2D eigenvalue weighted by Crippen LogP contribution is 2.09. The van der Waals surface area contributed by atoms with Crippen LogP contribution in [0.15, 0.2) is 0 Å². The summed E-state index contributed by atoms with van der Waals surface area (Å²) < 4.78 is 0. The lowest BCUT2D eigenvalue weighted by Crippen LogP contribution is -2.43. The van der Waals surface area contributed by atoms with E-state index < -0.39 is 0 Å². The molecule has 0 aromatic carbocycles. The van der Waals surface area contributed by atoms with E-state index in [9.17, 15) is 4.79 Å². The van der Waals surface area contributed by atoms with Crippen LogP contribution in [0.25, 0.3) is 0 Å². The summed E-state index contributed by atoms with van der Waals surface area (Å²) in [6.45, 7) is 5.03. The highest BCUT2D eigenvalue weighted by Gasteiger charge is 2.14. The first-order valence-electron chi connectivity index (χ1n) is 5.33. The van der Waals surface area contributed by atoms with Crippen LogP contribution in [0.3, 0.4) is 0 Å². The molecular weight excluding hydrogens is 212 g/mol. The van der Waals surface area contributed by atoms with E-state index in [1.165, 1.54) is 0 Å². The molecule has 0 aromatic rings. The maximum atomic E-state index is 11.0. The van der Waals surface area contributed by atoms with Crippen LogP contribution in [-0.4, -0.2) is 41.7 Å². The Bertz CT molecular complexity index is 179. The number of aliphatic hydroxyl groups excluding tert-OH is 1. The summed E-state index contributed by atoms with van der Waals surface area (Å²) in [4.78, 5) is 11.0. The smallest absolute Gasteiger partial charge is 0.235 e. The van der Waals surface area contributed by atoms with Gasteiger partial charge in [-0.25, -0.2) is 0 Å². The zero-order chi connectivity index (χ0) is 11.7. The fraction of sp³-hybridized carbons (Fsp3) is 0.900. The van der Waals surface area contributed by atoms with Gasteiger partial charge < -0.3 is 16.2 Å². The van der Waals surface area contributed by atoms with Crippen molar-refractivity contribution in [1.82, 2.24) is 5.32 Å². The molecule has 0 fully saturated rings. The molecule has 4 nitrogen and oxygen atoms in total. The van der Waals surface area contributed by atoms with Crippen LogP contribution in [0.2, 0.25) is 0 Å². The Morgan fingerprint density at radius 1 is 1.53 bits per heavy atom. The number of rotatable bonds is 9. The predicted octanol–water partition coefficient (Wildman–Crippen LogP) is 0.202. The van der Waals surface area contributed by atoms with E-state index in [0.717, 1.165) is 18.7 Å². The Morgan fingerprint density at radius 2 is 2.20 bits per heavy atom. The van der Waals surface area contributed by atoms with Crippen LogP contribution in [0.5, 0.6) is 0 Å². The second-order valence-electron chi connectivity index (χ2n) is 3.73. The van der Waals surface area contributed by atoms with Crippen molar-refractivity contribution in [1.29, 1.82) is 0 Å². The predicted molar refractivity (Wildman–Crippen MR) is 64.9 cm³/mol. The molecular formula is C10H22N2O2S. The topological polar surface area (TPSA) is 75.3 Å². The van der Waals surface area contributed by atoms with Crippen LogP contribution < -0.4 is 11.1 Å². The molecule has 90 valence electrons. The van der Waals surface area contributed by atoms with Gasteiger partial charge in [0.15, 0.2) is 0 Å². The first kappa shape index (κ1) is 14.7. The van der Waals surface area contributed by atoms with Crippen molar-refractivity contribution in [3.05, 3.63) is 0 Å². The summed E-state index contributed by atoms with van der Waals surface area (Å²) in [5.74, 6) is 1.51. The lowest BCUT2D eigenvalue weighted by atomic mass is 10.2. The molecule has 5 heteroatoms. The number of aliphatic hydroxyl groups is 1. The van der Waals surface area contributed by atoms with E-state index in [1.807, 2.05) is 13.8 Å². The molecule has 0 aliphatic rings. The second kappa shape index (κ2) is 9.00. The van der Waals surface area contributed by atoms with E-state index in [0.29, 0.717) is 5.75 Å². The van der Waals surface area contributed by atoms with Gasteiger partial charge in [-0.3, -0.25) is 4.79 Å². The van der Waals surface area contributed by atoms with E-state index in [4.69, 9.17) is 10.8 Å². The molecule has 0 heterocycles. The maximum Gasteiger partial charge on any atom is 0.235 e. The van der Waals surface area contributed by atoms with Crippen molar-refractivity contribution in [2.75, 3.05) is 24.7 Å². The molecule has 2 atom stereocenters. The van der Waals surface area contributed by atoms with Gasteiger partial charge in [-0.2, -0.15) is 11.8 Å². The number of nitrogens with one attached hydrogen (secondary N) is 1. The number of carbonyl (C=O) groups excluding carboxylic acids is 1. The number of amides is 1. The zero-order valence-electron chi connectivity index (χ0n) is 9.53. The van der Waals surface area contributed by atoms with Crippen molar-refractivity contribution in [2.24, 2.45) is 11.7 Å². The molecule has 2 unspecified atom stereocenters. The lowest BCUT2D eigenvalue weighted by molar-refractivity contribution is -0.119. The van der Waals surface area contributed by atoms with E-state index in [-0.39, 0.29) is 24.5 Å². The van der Waals surface area contributed by atoms with Gasteiger partial charge in [0.2, 0.25) is 5.91 Å². The monoisotopic (exact) mass is 234 g/mol. The number of hydrogen-bond acceptors (Lipinski definition) is 4. The number of thioether (sulfide) groups is 1. The first-order valence-corrected chi connectivity index (χ1v) is 6.48. The molecule has 0 aliphatic carbocycles. The summed E-state index contributed by atoms with van der Waals surface area (Å²) in [5, 5.41) is 11.9. The summed E-state index contributed by atoms with van der Waals surface area (Å²) in [5.41, 5.74) is 5.26. The minimum Gasteiger partial charge on any atom is -0.396 e. The Kier molecular flexibility index (Phi) is 8.85. The van der Waals surface area contributed by atoms with Crippen LogP contribution in [0.1, 0.15) is 20.3 Å². The Balaban J connectivity index is 3.71. The van der Waals surface area contributed by atoms with Crippen LogP contribution >= 0.6 is 11.8 Å². The summed E-state index contributed by atoms with van der Waals surface area (Å²) in [7, 11) is 0. The fourth-order valence-electron chi connectivity index (χ4n) is 1.00. The maximum absolute atomic E-state index is 11.0. The first-order chi connectivity index (χ1) is 7.11. The van der Waals surface area contributed by atoms with Gasteiger partial charge >= 0.3 is 0 Å². The summed E-state index contributed by atoms with van der Waals surface area (Å²) >= 11 is 1.65. The molecule has 15 heavy (non-hydrogen) atoms. The molecule has 0 aliphatic heterocycles. The van der Waals surface area contributed by atoms with Gasteiger partial charge in [0, 0.05) is 12.4 Å². The van der Waals surface area contributed by atoms with Crippen LogP contribution in [0.4, 0.5) is 0 Å². The zero-order valence-corrected chi connectivity index (χ0v) is 10.3. The lowest BCUT2D eigenvalue weighted by Gasteiger charge is -2.15. The number of carbonyl (C=O) groups is 1. The Morgan fingerprint density at radius 3 is 2.67 bits per heavy atom. The van der Waals surface area contributed by atoms with E-state index in [1.54, 1.807) is 11.8 Å². The summed E-state index contributed by atoms with van der Waals surface area (Å²) in [6, 6.07) is -0.249. The third-order valence-corrected chi connectivity index (χ3v) is 3.36. The normalized spacial score (nSPS) is 14.9. The third-order valence-electron chi connectivity index (χ3n) is 1.98. The SMILES string of the molecule is CCCNC(CSCC(C)CO)C(N)=O. The van der Waals surface area contributed by atoms with Gasteiger partial charge in [0.05, 0.1) is 6.04 Å². The van der Waals surface area contributed by atoms with Gasteiger partial charge in [0.1, 0.15) is 0 Å². The number of hydrogen-bond donors (Lipinski definition) is 3. The molecule has 0 saturated heterocycles. The van der Waals surface area contributed by atoms with E-state index in [2.05, 4.69) is 5.32 Å². The van der Waals surface area contributed by atoms with Crippen LogP contribution in [-0.2, 0) is 4.79 Å². The second-order valence-corrected chi connectivity index (χ2v) is 4.81. The highest BCUT2D eigenvalue weighted by atomic mass is 32.2. The molecule has 1 amide bonds. The quantitative estimate of drug-likeness (QED) is 0.533. The number of nitrogens with two attached hydrogens (primary N) is 1. The van der Waals surface area contributed by atoms with E-state index >= 15 is 0 Å². The standard InChI is InChI=1S/C10H22N2O2S/c1-3-4-12-9(10(11)14)7-15-6-8(2)5-13/h8-9,12-13H,3-7H2,1-2H3,(H2,11,14). The Labute approximate surface area is 96.0 Å². The van der Waals surface area contributed by atoms with Crippen molar-refractivity contribution in [3.8, 4) is 0 Å². The molecule has 0 saturated carbocycles. The van der Waals surface area contributed by atoms with Gasteiger partial charge in [0.25, 0.3) is 0 Å². The Hall–Kier alpha value is -0.260.